The van der Waals surface area contributed by atoms with Crippen LogP contribution in [-0.4, -0.2) is 26.4 Å². The first-order valence-corrected chi connectivity index (χ1v) is 6.52. The third-order valence-corrected chi connectivity index (χ3v) is 3.55. The van der Waals surface area contributed by atoms with Crippen molar-refractivity contribution in [2.75, 3.05) is 14.2 Å². The predicted octanol–water partition coefficient (Wildman–Crippen LogP) is 1.78. The molecule has 1 aromatic carbocycles. The molecule has 1 heterocycles. The Morgan fingerprint density at radius 2 is 1.84 bits per heavy atom. The molecule has 5 heteroatoms. The molecular weight excluding hydrogens is 244 g/mol. The van der Waals surface area contributed by atoms with Gasteiger partial charge in [-0.15, -0.1) is 0 Å². The number of nitrogens with one attached hydrogen (secondary N) is 1. The normalized spacial score (nSPS) is 24.2. The minimum Gasteiger partial charge on any atom is -0.497 e. The van der Waals surface area contributed by atoms with Crippen LogP contribution in [0.3, 0.4) is 0 Å². The van der Waals surface area contributed by atoms with E-state index in [2.05, 4.69) is 12.3 Å². The second kappa shape index (κ2) is 6.23. The molecule has 0 saturated carbocycles. The zero-order valence-corrected chi connectivity index (χ0v) is 11.7. The van der Waals surface area contributed by atoms with Crippen molar-refractivity contribution in [3.8, 4) is 11.5 Å². The van der Waals surface area contributed by atoms with Crippen LogP contribution < -0.4 is 20.7 Å². The van der Waals surface area contributed by atoms with Crippen molar-refractivity contribution in [2.45, 2.75) is 38.0 Å². The number of ether oxygens (including phenoxy) is 3. The summed E-state index contributed by atoms with van der Waals surface area (Å²) < 4.78 is 16.5. The lowest BCUT2D eigenvalue weighted by Gasteiger charge is -2.24. The smallest absolute Gasteiger partial charge is 0.122 e. The summed E-state index contributed by atoms with van der Waals surface area (Å²) in [6.45, 7) is 2.08. The first-order valence-electron chi connectivity index (χ1n) is 6.52. The molecule has 1 aliphatic heterocycles. The Labute approximate surface area is 114 Å². The highest BCUT2D eigenvalue weighted by molar-refractivity contribution is 5.40. The van der Waals surface area contributed by atoms with Gasteiger partial charge >= 0.3 is 0 Å². The molecule has 1 saturated heterocycles. The van der Waals surface area contributed by atoms with Crippen LogP contribution in [0.5, 0.6) is 11.5 Å². The lowest BCUT2D eigenvalue weighted by Crippen LogP contribution is -2.36. The van der Waals surface area contributed by atoms with Crippen molar-refractivity contribution in [3.63, 3.8) is 0 Å². The minimum atomic E-state index is -0.0612. The van der Waals surface area contributed by atoms with Crippen LogP contribution in [0.25, 0.3) is 0 Å². The van der Waals surface area contributed by atoms with Crippen molar-refractivity contribution in [2.24, 2.45) is 5.84 Å². The van der Waals surface area contributed by atoms with Crippen LogP contribution in [0, 0.1) is 0 Å². The van der Waals surface area contributed by atoms with E-state index in [1.165, 1.54) is 0 Å². The Morgan fingerprint density at radius 1 is 1.21 bits per heavy atom. The van der Waals surface area contributed by atoms with E-state index in [9.17, 15) is 0 Å². The zero-order valence-electron chi connectivity index (χ0n) is 11.7. The van der Waals surface area contributed by atoms with Gasteiger partial charge in [-0.2, -0.15) is 0 Å². The largest absolute Gasteiger partial charge is 0.497 e. The van der Waals surface area contributed by atoms with Crippen molar-refractivity contribution in [1.82, 2.24) is 5.43 Å². The van der Waals surface area contributed by atoms with Gasteiger partial charge in [-0.25, -0.2) is 0 Å². The second-order valence-corrected chi connectivity index (χ2v) is 4.85. The molecule has 3 N–H and O–H groups in total. The first kappa shape index (κ1) is 14.1. The number of nitrogens with two attached hydrogens (primary N) is 1. The summed E-state index contributed by atoms with van der Waals surface area (Å²) in [4.78, 5) is 0. The third-order valence-electron chi connectivity index (χ3n) is 3.55. The Hall–Kier alpha value is -1.30. The van der Waals surface area contributed by atoms with Crippen molar-refractivity contribution in [3.05, 3.63) is 23.8 Å². The molecule has 2 rings (SSSR count). The number of hydrazine groups is 1. The average Bonchev–Trinajstić information content (AvgIpc) is 2.85. The number of hydrogen-bond donors (Lipinski definition) is 2. The lowest BCUT2D eigenvalue weighted by molar-refractivity contribution is 0.0315. The Kier molecular flexibility index (Phi) is 4.63. The van der Waals surface area contributed by atoms with E-state index in [0.29, 0.717) is 0 Å². The van der Waals surface area contributed by atoms with E-state index < -0.39 is 0 Å². The topological polar surface area (TPSA) is 65.7 Å². The van der Waals surface area contributed by atoms with Gasteiger partial charge < -0.3 is 14.2 Å². The highest BCUT2D eigenvalue weighted by Crippen LogP contribution is 2.33. The van der Waals surface area contributed by atoms with Gasteiger partial charge in [0.25, 0.3) is 0 Å². The molecule has 3 unspecified atom stereocenters. The fraction of sp³-hybridized carbons (Fsp3) is 0.571. The Morgan fingerprint density at radius 3 is 2.26 bits per heavy atom. The molecule has 0 radical (unpaired) electrons. The van der Waals surface area contributed by atoms with E-state index in [4.69, 9.17) is 20.1 Å². The van der Waals surface area contributed by atoms with Gasteiger partial charge in [0.15, 0.2) is 0 Å². The zero-order chi connectivity index (χ0) is 13.8. The minimum absolute atomic E-state index is 0.0612. The van der Waals surface area contributed by atoms with E-state index in [-0.39, 0.29) is 18.2 Å². The van der Waals surface area contributed by atoms with Gasteiger partial charge in [-0.05, 0) is 37.5 Å². The second-order valence-electron chi connectivity index (χ2n) is 4.85. The van der Waals surface area contributed by atoms with Crippen LogP contribution in [-0.2, 0) is 4.74 Å². The summed E-state index contributed by atoms with van der Waals surface area (Å²) in [7, 11) is 3.27. The first-order chi connectivity index (χ1) is 9.17. The van der Waals surface area contributed by atoms with E-state index >= 15 is 0 Å². The van der Waals surface area contributed by atoms with Crippen molar-refractivity contribution < 1.29 is 14.2 Å². The molecule has 1 aromatic rings. The molecule has 19 heavy (non-hydrogen) atoms. The molecule has 0 amide bonds. The van der Waals surface area contributed by atoms with Gasteiger partial charge in [0.1, 0.15) is 11.5 Å². The predicted molar refractivity (Wildman–Crippen MR) is 73.2 cm³/mol. The van der Waals surface area contributed by atoms with Gasteiger partial charge in [0, 0.05) is 6.07 Å². The van der Waals surface area contributed by atoms with Crippen LogP contribution in [0.4, 0.5) is 0 Å². The van der Waals surface area contributed by atoms with Crippen LogP contribution in [0.2, 0.25) is 0 Å². The van der Waals surface area contributed by atoms with Gasteiger partial charge in [-0.1, -0.05) is 0 Å². The van der Waals surface area contributed by atoms with Crippen LogP contribution in [0.15, 0.2) is 18.2 Å². The maximum Gasteiger partial charge on any atom is 0.122 e. The quantitative estimate of drug-likeness (QED) is 0.628. The van der Waals surface area contributed by atoms with E-state index in [1.54, 1.807) is 14.2 Å². The van der Waals surface area contributed by atoms with Crippen LogP contribution >= 0.6 is 0 Å². The molecular formula is C14H22N2O3. The third kappa shape index (κ3) is 3.18. The fourth-order valence-electron chi connectivity index (χ4n) is 2.51. The Bertz CT molecular complexity index is 403. The molecule has 1 fully saturated rings. The summed E-state index contributed by atoms with van der Waals surface area (Å²) in [5, 5.41) is 0. The molecule has 1 aliphatic rings. The van der Waals surface area contributed by atoms with Gasteiger partial charge in [0.2, 0.25) is 0 Å². The number of benzene rings is 1. The number of methoxy groups -OCH3 is 2. The van der Waals surface area contributed by atoms with Crippen LogP contribution in [0.1, 0.15) is 31.4 Å². The molecule has 0 spiro atoms. The molecule has 106 valence electrons. The summed E-state index contributed by atoms with van der Waals surface area (Å²) in [6.07, 6.45) is 2.42. The Balaban J connectivity index is 2.26. The van der Waals surface area contributed by atoms with Gasteiger partial charge in [0.05, 0.1) is 32.5 Å². The maximum atomic E-state index is 5.89. The fourth-order valence-corrected chi connectivity index (χ4v) is 2.51. The summed E-state index contributed by atoms with van der Waals surface area (Å²) >= 11 is 0. The number of rotatable bonds is 5. The highest BCUT2D eigenvalue weighted by atomic mass is 16.5. The molecule has 0 aliphatic carbocycles. The van der Waals surface area contributed by atoms with E-state index in [0.717, 1.165) is 29.9 Å². The summed E-state index contributed by atoms with van der Waals surface area (Å²) in [6, 6.07) is 5.70. The maximum absolute atomic E-state index is 5.89. The SMILES string of the molecule is COc1cc(OC)cc(C(NN)C2CCC(C)O2)c1. The highest BCUT2D eigenvalue weighted by Gasteiger charge is 2.30. The van der Waals surface area contributed by atoms with E-state index in [1.807, 2.05) is 18.2 Å². The summed E-state index contributed by atoms with van der Waals surface area (Å²) in [5.74, 6) is 7.20. The number of hydrogen-bond acceptors (Lipinski definition) is 5. The molecule has 0 aromatic heterocycles. The standard InChI is InChI=1S/C14H22N2O3/c1-9-4-5-13(19-9)14(16-15)10-6-11(17-2)8-12(7-10)18-3/h6-9,13-14,16H,4-5,15H2,1-3H3. The average molecular weight is 266 g/mol. The lowest BCUT2D eigenvalue weighted by atomic mass is 9.99. The van der Waals surface area contributed by atoms with Gasteiger partial charge in [-0.3, -0.25) is 11.3 Å². The monoisotopic (exact) mass is 266 g/mol. The van der Waals surface area contributed by atoms with Crippen molar-refractivity contribution in [1.29, 1.82) is 0 Å². The van der Waals surface area contributed by atoms with Crippen molar-refractivity contribution >= 4 is 0 Å². The molecule has 5 nitrogen and oxygen atoms in total. The molecule has 0 bridgehead atoms. The molecule has 3 atom stereocenters. The summed E-state index contributed by atoms with van der Waals surface area (Å²) in [5.41, 5.74) is 3.86.